The standard InChI is InChI=1S/C13H10F2N2O2S/c14-10-4-11(15)6-12(5-10)20(18,19)17-7-9-2-1-3-16-13(9)8-17/h1-6H,7-8H2. The summed E-state index contributed by atoms with van der Waals surface area (Å²) in [6, 6.07) is 5.77. The Bertz CT molecular complexity index is 732. The number of aromatic nitrogens is 1. The molecule has 0 fully saturated rings. The Balaban J connectivity index is 1.98. The average molecular weight is 296 g/mol. The Labute approximate surface area is 114 Å². The molecule has 4 nitrogen and oxygen atoms in total. The zero-order valence-electron chi connectivity index (χ0n) is 10.3. The normalized spacial score (nSPS) is 15.3. The van der Waals surface area contributed by atoms with E-state index in [2.05, 4.69) is 4.98 Å². The van der Waals surface area contributed by atoms with Gasteiger partial charge in [-0.1, -0.05) is 6.07 Å². The second-order valence-corrected chi connectivity index (χ2v) is 6.43. The number of sulfonamides is 1. The molecule has 0 bridgehead atoms. The van der Waals surface area contributed by atoms with Gasteiger partial charge in [0.15, 0.2) is 0 Å². The summed E-state index contributed by atoms with van der Waals surface area (Å²) in [5.74, 6) is -1.84. The van der Waals surface area contributed by atoms with Gasteiger partial charge < -0.3 is 0 Å². The highest BCUT2D eigenvalue weighted by molar-refractivity contribution is 7.89. The van der Waals surface area contributed by atoms with E-state index in [0.717, 1.165) is 22.0 Å². The van der Waals surface area contributed by atoms with E-state index in [1.54, 1.807) is 18.3 Å². The number of halogens is 2. The minimum atomic E-state index is -3.94. The van der Waals surface area contributed by atoms with Crippen LogP contribution in [0.5, 0.6) is 0 Å². The summed E-state index contributed by atoms with van der Waals surface area (Å²) in [6.07, 6.45) is 1.58. The first-order valence-corrected chi connectivity index (χ1v) is 7.30. The van der Waals surface area contributed by atoms with Crippen LogP contribution in [0.15, 0.2) is 41.4 Å². The van der Waals surface area contributed by atoms with Crippen molar-refractivity contribution in [3.8, 4) is 0 Å². The SMILES string of the molecule is O=S(=O)(c1cc(F)cc(F)c1)N1Cc2cccnc2C1. The van der Waals surface area contributed by atoms with Crippen LogP contribution in [0.4, 0.5) is 8.78 Å². The molecule has 104 valence electrons. The summed E-state index contributed by atoms with van der Waals surface area (Å²) in [6.45, 7) is 0.264. The Morgan fingerprint density at radius 3 is 2.45 bits per heavy atom. The number of fused-ring (bicyclic) bond motifs is 1. The molecule has 0 aliphatic carbocycles. The molecule has 0 N–H and O–H groups in total. The zero-order chi connectivity index (χ0) is 14.3. The van der Waals surface area contributed by atoms with E-state index in [1.807, 2.05) is 0 Å². The number of rotatable bonds is 2. The first kappa shape index (κ1) is 13.1. The second kappa shape index (κ2) is 4.60. The predicted molar refractivity (Wildman–Crippen MR) is 67.0 cm³/mol. The van der Waals surface area contributed by atoms with Gasteiger partial charge in [0.25, 0.3) is 0 Å². The van der Waals surface area contributed by atoms with Crippen molar-refractivity contribution < 1.29 is 17.2 Å². The number of hydrogen-bond acceptors (Lipinski definition) is 3. The average Bonchev–Trinajstić information content (AvgIpc) is 2.82. The Morgan fingerprint density at radius 1 is 1.10 bits per heavy atom. The first-order valence-electron chi connectivity index (χ1n) is 5.86. The van der Waals surface area contributed by atoms with Crippen molar-refractivity contribution in [2.24, 2.45) is 0 Å². The lowest BCUT2D eigenvalue weighted by molar-refractivity contribution is 0.428. The van der Waals surface area contributed by atoms with Crippen molar-refractivity contribution in [2.75, 3.05) is 0 Å². The van der Waals surface area contributed by atoms with E-state index in [9.17, 15) is 17.2 Å². The van der Waals surface area contributed by atoms with Crippen LogP contribution in [0.25, 0.3) is 0 Å². The van der Waals surface area contributed by atoms with Gasteiger partial charge in [0.2, 0.25) is 10.0 Å². The van der Waals surface area contributed by atoms with Crippen LogP contribution >= 0.6 is 0 Å². The minimum Gasteiger partial charge on any atom is -0.260 e. The highest BCUT2D eigenvalue weighted by Crippen LogP contribution is 2.27. The molecule has 20 heavy (non-hydrogen) atoms. The fourth-order valence-corrected chi connectivity index (χ4v) is 3.59. The first-order chi connectivity index (χ1) is 9.46. The molecule has 1 aliphatic heterocycles. The topological polar surface area (TPSA) is 50.3 Å². The van der Waals surface area contributed by atoms with Gasteiger partial charge in [0.05, 0.1) is 17.1 Å². The van der Waals surface area contributed by atoms with Gasteiger partial charge in [-0.15, -0.1) is 0 Å². The molecule has 0 unspecified atom stereocenters. The summed E-state index contributed by atoms with van der Waals surface area (Å²) in [5, 5.41) is 0. The lowest BCUT2D eigenvalue weighted by Crippen LogP contribution is -2.26. The maximum absolute atomic E-state index is 13.2. The summed E-state index contributed by atoms with van der Waals surface area (Å²) >= 11 is 0. The van der Waals surface area contributed by atoms with Crippen LogP contribution in [-0.4, -0.2) is 17.7 Å². The van der Waals surface area contributed by atoms with Crippen molar-refractivity contribution in [3.05, 3.63) is 59.4 Å². The van der Waals surface area contributed by atoms with E-state index in [0.29, 0.717) is 11.8 Å². The summed E-state index contributed by atoms with van der Waals surface area (Å²) in [4.78, 5) is 3.71. The second-order valence-electron chi connectivity index (χ2n) is 4.49. The molecule has 0 radical (unpaired) electrons. The molecule has 0 atom stereocenters. The Morgan fingerprint density at radius 2 is 1.80 bits per heavy atom. The lowest BCUT2D eigenvalue weighted by atomic mass is 10.2. The number of pyridine rings is 1. The van der Waals surface area contributed by atoms with Gasteiger partial charge in [-0.05, 0) is 23.8 Å². The third-order valence-corrected chi connectivity index (χ3v) is 4.90. The molecule has 0 amide bonds. The molecule has 2 aromatic rings. The molecule has 0 saturated heterocycles. The van der Waals surface area contributed by atoms with E-state index < -0.39 is 21.7 Å². The van der Waals surface area contributed by atoms with Crippen LogP contribution in [0, 0.1) is 11.6 Å². The van der Waals surface area contributed by atoms with E-state index in [-0.39, 0.29) is 18.0 Å². The fourth-order valence-electron chi connectivity index (χ4n) is 2.17. The summed E-state index contributed by atoms with van der Waals surface area (Å²) < 4.78 is 52.2. The van der Waals surface area contributed by atoms with Crippen molar-refractivity contribution >= 4 is 10.0 Å². The molecular weight excluding hydrogens is 286 g/mol. The van der Waals surface area contributed by atoms with Gasteiger partial charge in [-0.3, -0.25) is 4.98 Å². The number of nitrogens with zero attached hydrogens (tertiary/aromatic N) is 2. The van der Waals surface area contributed by atoms with Crippen LogP contribution in [-0.2, 0) is 23.1 Å². The third kappa shape index (κ3) is 2.19. The summed E-state index contributed by atoms with van der Waals surface area (Å²) in [7, 11) is -3.94. The smallest absolute Gasteiger partial charge is 0.243 e. The van der Waals surface area contributed by atoms with E-state index >= 15 is 0 Å². The predicted octanol–water partition coefficient (Wildman–Crippen LogP) is 2.06. The van der Waals surface area contributed by atoms with Crippen molar-refractivity contribution in [3.63, 3.8) is 0 Å². The van der Waals surface area contributed by atoms with Gasteiger partial charge in [-0.25, -0.2) is 17.2 Å². The molecule has 0 spiro atoms. The third-order valence-electron chi connectivity index (χ3n) is 3.13. The van der Waals surface area contributed by atoms with E-state index in [4.69, 9.17) is 0 Å². The number of hydrogen-bond donors (Lipinski definition) is 0. The van der Waals surface area contributed by atoms with Crippen LogP contribution < -0.4 is 0 Å². The Kier molecular flexibility index (Phi) is 3.02. The lowest BCUT2D eigenvalue weighted by Gasteiger charge is -2.15. The maximum Gasteiger partial charge on any atom is 0.243 e. The van der Waals surface area contributed by atoms with E-state index in [1.165, 1.54) is 0 Å². The van der Waals surface area contributed by atoms with Crippen molar-refractivity contribution in [1.29, 1.82) is 0 Å². The minimum absolute atomic E-state index is 0.108. The van der Waals surface area contributed by atoms with Gasteiger partial charge in [-0.2, -0.15) is 4.31 Å². The van der Waals surface area contributed by atoms with Crippen molar-refractivity contribution in [2.45, 2.75) is 18.0 Å². The van der Waals surface area contributed by atoms with Gasteiger partial charge in [0, 0.05) is 18.8 Å². The molecule has 1 aliphatic rings. The van der Waals surface area contributed by atoms with Gasteiger partial charge >= 0.3 is 0 Å². The number of benzene rings is 1. The van der Waals surface area contributed by atoms with Gasteiger partial charge in [0.1, 0.15) is 11.6 Å². The molecule has 3 rings (SSSR count). The Hall–Kier alpha value is -1.86. The van der Waals surface area contributed by atoms with Crippen LogP contribution in [0.3, 0.4) is 0 Å². The fraction of sp³-hybridized carbons (Fsp3) is 0.154. The molecule has 2 heterocycles. The monoisotopic (exact) mass is 296 g/mol. The van der Waals surface area contributed by atoms with Crippen LogP contribution in [0.2, 0.25) is 0 Å². The largest absolute Gasteiger partial charge is 0.260 e. The molecule has 0 saturated carbocycles. The highest BCUT2D eigenvalue weighted by atomic mass is 32.2. The summed E-state index contributed by atoms with van der Waals surface area (Å²) in [5.41, 5.74) is 1.46. The maximum atomic E-state index is 13.2. The quantitative estimate of drug-likeness (QED) is 0.852. The molecular formula is C13H10F2N2O2S. The molecule has 1 aromatic heterocycles. The highest BCUT2D eigenvalue weighted by Gasteiger charge is 2.31. The van der Waals surface area contributed by atoms with Crippen LogP contribution in [0.1, 0.15) is 11.3 Å². The molecule has 1 aromatic carbocycles. The van der Waals surface area contributed by atoms with Crippen molar-refractivity contribution in [1.82, 2.24) is 9.29 Å². The molecule has 7 heteroatoms. The zero-order valence-corrected chi connectivity index (χ0v) is 11.1.